The van der Waals surface area contributed by atoms with Gasteiger partial charge in [0.05, 0.1) is 0 Å². The first kappa shape index (κ1) is 13.6. The first-order valence-corrected chi connectivity index (χ1v) is 7.88. The zero-order valence-corrected chi connectivity index (χ0v) is 12.1. The maximum Gasteiger partial charge on any atom is 0.227 e. The Kier molecular flexibility index (Phi) is 4.06. The van der Waals surface area contributed by atoms with Crippen LogP contribution in [0, 0.1) is 5.92 Å². The lowest BCUT2D eigenvalue weighted by Crippen LogP contribution is -2.25. The van der Waals surface area contributed by atoms with Gasteiger partial charge in [-0.2, -0.15) is 0 Å². The van der Waals surface area contributed by atoms with E-state index >= 15 is 0 Å². The Morgan fingerprint density at radius 3 is 2.40 bits per heavy atom. The van der Waals surface area contributed by atoms with Gasteiger partial charge in [-0.1, -0.05) is 31.4 Å². The number of benzene rings is 1. The zero-order chi connectivity index (χ0) is 13.9. The number of hydrogen-bond donors (Lipinski definition) is 1. The van der Waals surface area contributed by atoms with Crippen LogP contribution in [0.25, 0.3) is 0 Å². The predicted octanol–water partition coefficient (Wildman–Crippen LogP) is 3.05. The van der Waals surface area contributed by atoms with Crippen molar-refractivity contribution in [2.45, 2.75) is 44.4 Å². The maximum absolute atomic E-state index is 12.0. The first-order chi connectivity index (χ1) is 9.78. The van der Waals surface area contributed by atoms with E-state index in [1.54, 1.807) is 0 Å². The highest BCUT2D eigenvalue weighted by Crippen LogP contribution is 2.34. The van der Waals surface area contributed by atoms with Crippen LogP contribution in [0.15, 0.2) is 24.3 Å². The number of hydrogen-bond acceptors (Lipinski definition) is 2. The predicted molar refractivity (Wildman–Crippen MR) is 81.8 cm³/mol. The minimum absolute atomic E-state index is 0.214. The number of nitrogens with two attached hydrogens (primary N) is 1. The molecule has 1 amide bonds. The lowest BCUT2D eigenvalue weighted by atomic mass is 9.84. The fourth-order valence-corrected chi connectivity index (χ4v) is 3.55. The molecule has 3 rings (SSSR count). The van der Waals surface area contributed by atoms with Crippen LogP contribution in [0.5, 0.6) is 0 Å². The molecule has 0 spiro atoms. The van der Waals surface area contributed by atoms with Crippen LogP contribution in [0.4, 0.5) is 5.69 Å². The Morgan fingerprint density at radius 2 is 1.80 bits per heavy atom. The minimum atomic E-state index is 0.214. The van der Waals surface area contributed by atoms with Gasteiger partial charge in [0.1, 0.15) is 0 Å². The highest BCUT2D eigenvalue weighted by molar-refractivity contribution is 5.95. The molecule has 1 saturated carbocycles. The Balaban J connectivity index is 1.71. The second-order valence-electron chi connectivity index (χ2n) is 6.24. The number of rotatable bonds is 3. The van der Waals surface area contributed by atoms with Gasteiger partial charge in [0.2, 0.25) is 5.91 Å². The molecule has 2 aliphatic rings. The van der Waals surface area contributed by atoms with E-state index < -0.39 is 0 Å². The number of nitrogens with zero attached hydrogens (tertiary/aromatic N) is 1. The summed E-state index contributed by atoms with van der Waals surface area (Å²) in [4.78, 5) is 13.9. The average Bonchev–Trinajstić information content (AvgIpc) is 2.89. The highest BCUT2D eigenvalue weighted by Gasteiger charge is 2.29. The van der Waals surface area contributed by atoms with E-state index in [2.05, 4.69) is 24.3 Å². The second-order valence-corrected chi connectivity index (χ2v) is 6.24. The summed E-state index contributed by atoms with van der Waals surface area (Å²) in [6.45, 7) is 1.38. The molecule has 108 valence electrons. The van der Waals surface area contributed by atoms with Gasteiger partial charge in [0.15, 0.2) is 0 Å². The molecule has 1 aliphatic heterocycles. The Labute approximate surface area is 121 Å². The van der Waals surface area contributed by atoms with E-state index in [9.17, 15) is 4.79 Å². The Bertz CT molecular complexity index is 462. The maximum atomic E-state index is 12.0. The third-order valence-electron chi connectivity index (χ3n) is 4.82. The van der Waals surface area contributed by atoms with Gasteiger partial charge >= 0.3 is 0 Å². The minimum Gasteiger partial charge on any atom is -0.330 e. The summed E-state index contributed by atoms with van der Waals surface area (Å²) in [5.74, 6) is 1.26. The molecule has 20 heavy (non-hydrogen) atoms. The van der Waals surface area contributed by atoms with Crippen molar-refractivity contribution in [3.8, 4) is 0 Å². The van der Waals surface area contributed by atoms with Crippen LogP contribution in [0.2, 0.25) is 0 Å². The number of amides is 1. The molecular formula is C17H24N2O. The standard InChI is InChI=1S/C17H24N2O/c18-11-13-10-17(20)19(12-13)16-8-6-15(7-9-16)14-4-2-1-3-5-14/h6-9,13-14H,1-5,10-12,18H2. The monoisotopic (exact) mass is 272 g/mol. The van der Waals surface area contributed by atoms with Crippen molar-refractivity contribution in [2.24, 2.45) is 11.7 Å². The van der Waals surface area contributed by atoms with Gasteiger partial charge < -0.3 is 10.6 Å². The third-order valence-corrected chi connectivity index (χ3v) is 4.82. The zero-order valence-electron chi connectivity index (χ0n) is 12.1. The van der Waals surface area contributed by atoms with Crippen molar-refractivity contribution in [2.75, 3.05) is 18.0 Å². The van der Waals surface area contributed by atoms with E-state index in [0.717, 1.165) is 18.2 Å². The molecular weight excluding hydrogens is 248 g/mol. The van der Waals surface area contributed by atoms with E-state index in [-0.39, 0.29) is 5.91 Å². The van der Waals surface area contributed by atoms with Crippen LogP contribution in [0.1, 0.15) is 50.0 Å². The summed E-state index contributed by atoms with van der Waals surface area (Å²) in [6.07, 6.45) is 7.33. The summed E-state index contributed by atoms with van der Waals surface area (Å²) in [7, 11) is 0. The highest BCUT2D eigenvalue weighted by atomic mass is 16.2. The van der Waals surface area contributed by atoms with E-state index in [0.29, 0.717) is 18.9 Å². The molecule has 1 saturated heterocycles. The second kappa shape index (κ2) is 5.96. The summed E-state index contributed by atoms with van der Waals surface area (Å²) in [5.41, 5.74) is 8.15. The molecule has 0 radical (unpaired) electrons. The van der Waals surface area contributed by atoms with Crippen molar-refractivity contribution in [1.29, 1.82) is 0 Å². The van der Waals surface area contributed by atoms with Crippen LogP contribution in [-0.4, -0.2) is 19.0 Å². The third kappa shape index (κ3) is 2.73. The van der Waals surface area contributed by atoms with Gasteiger partial charge in [-0.15, -0.1) is 0 Å². The quantitative estimate of drug-likeness (QED) is 0.919. The molecule has 3 nitrogen and oxygen atoms in total. The first-order valence-electron chi connectivity index (χ1n) is 7.88. The number of carbonyl (C=O) groups is 1. The van der Waals surface area contributed by atoms with E-state index in [1.165, 1.54) is 37.7 Å². The normalized spacial score (nSPS) is 24.4. The van der Waals surface area contributed by atoms with Crippen molar-refractivity contribution in [3.05, 3.63) is 29.8 Å². The van der Waals surface area contributed by atoms with Gasteiger partial charge in [-0.3, -0.25) is 4.79 Å². The van der Waals surface area contributed by atoms with Crippen LogP contribution in [0.3, 0.4) is 0 Å². The van der Waals surface area contributed by atoms with Gasteiger partial charge in [0.25, 0.3) is 0 Å². The molecule has 2 fully saturated rings. The van der Waals surface area contributed by atoms with Gasteiger partial charge in [0, 0.05) is 18.7 Å². The summed E-state index contributed by atoms with van der Waals surface area (Å²) in [5, 5.41) is 0. The smallest absolute Gasteiger partial charge is 0.227 e. The largest absolute Gasteiger partial charge is 0.330 e. The van der Waals surface area contributed by atoms with Crippen molar-refractivity contribution in [3.63, 3.8) is 0 Å². The van der Waals surface area contributed by atoms with Crippen molar-refractivity contribution >= 4 is 11.6 Å². The molecule has 1 aromatic rings. The van der Waals surface area contributed by atoms with Crippen molar-refractivity contribution in [1.82, 2.24) is 0 Å². The van der Waals surface area contributed by atoms with Gasteiger partial charge in [-0.05, 0) is 48.9 Å². The van der Waals surface area contributed by atoms with E-state index in [4.69, 9.17) is 5.73 Å². The molecule has 3 heteroatoms. The Hall–Kier alpha value is -1.35. The summed E-state index contributed by atoms with van der Waals surface area (Å²) >= 11 is 0. The Morgan fingerprint density at radius 1 is 1.10 bits per heavy atom. The average molecular weight is 272 g/mol. The lowest BCUT2D eigenvalue weighted by molar-refractivity contribution is -0.117. The molecule has 2 N–H and O–H groups in total. The SMILES string of the molecule is NCC1CC(=O)N(c2ccc(C3CCCCC3)cc2)C1. The molecule has 1 unspecified atom stereocenters. The van der Waals surface area contributed by atoms with Crippen LogP contribution >= 0.6 is 0 Å². The molecule has 0 bridgehead atoms. The van der Waals surface area contributed by atoms with Crippen LogP contribution < -0.4 is 10.6 Å². The van der Waals surface area contributed by atoms with Gasteiger partial charge in [-0.25, -0.2) is 0 Å². The molecule has 1 heterocycles. The fraction of sp³-hybridized carbons (Fsp3) is 0.588. The summed E-state index contributed by atoms with van der Waals surface area (Å²) in [6, 6.07) is 8.66. The fourth-order valence-electron chi connectivity index (χ4n) is 3.55. The van der Waals surface area contributed by atoms with E-state index in [1.807, 2.05) is 4.90 Å². The number of carbonyl (C=O) groups excluding carboxylic acids is 1. The van der Waals surface area contributed by atoms with Crippen molar-refractivity contribution < 1.29 is 4.79 Å². The lowest BCUT2D eigenvalue weighted by Gasteiger charge is -2.23. The summed E-state index contributed by atoms with van der Waals surface area (Å²) < 4.78 is 0. The molecule has 1 atom stereocenters. The molecule has 1 aromatic carbocycles. The molecule has 0 aromatic heterocycles. The molecule has 1 aliphatic carbocycles. The van der Waals surface area contributed by atoms with Crippen LogP contribution in [-0.2, 0) is 4.79 Å². The number of anilines is 1. The topological polar surface area (TPSA) is 46.3 Å².